The number of hydrogen-bond acceptors (Lipinski definition) is 3. The monoisotopic (exact) mass is 336 g/mol. The first-order chi connectivity index (χ1) is 9.47. The Kier molecular flexibility index (Phi) is 5.38. The highest BCUT2D eigenvalue weighted by Crippen LogP contribution is 2.31. The molecule has 0 spiro atoms. The van der Waals surface area contributed by atoms with Crippen molar-refractivity contribution in [3.05, 3.63) is 35.9 Å². The van der Waals surface area contributed by atoms with E-state index in [1.807, 2.05) is 30.3 Å². The number of hydrogen-bond donors (Lipinski definition) is 0. The molecule has 0 atom stereocenters. The maximum atomic E-state index is 11.9. The summed E-state index contributed by atoms with van der Waals surface area (Å²) >= 11 is 17.4. The number of ether oxygens (including phenoxy) is 1. The maximum absolute atomic E-state index is 11.9. The van der Waals surface area contributed by atoms with Crippen molar-refractivity contribution >= 4 is 40.9 Å². The Morgan fingerprint density at radius 2 is 1.70 bits per heavy atom. The van der Waals surface area contributed by atoms with E-state index in [9.17, 15) is 4.79 Å². The van der Waals surface area contributed by atoms with Gasteiger partial charge in [-0.25, -0.2) is 4.79 Å². The minimum atomic E-state index is -1.42. The molecule has 1 saturated heterocycles. The summed E-state index contributed by atoms with van der Waals surface area (Å²) in [6, 6.07) is 9.55. The average molecular weight is 338 g/mol. The number of nitrogens with zero attached hydrogens (tertiary/aromatic N) is 2. The van der Waals surface area contributed by atoms with Crippen LogP contribution in [-0.2, 0) is 11.3 Å². The van der Waals surface area contributed by atoms with Gasteiger partial charge in [-0.3, -0.25) is 4.90 Å². The first-order valence-electron chi connectivity index (χ1n) is 6.24. The van der Waals surface area contributed by atoms with E-state index in [-0.39, 0.29) is 12.7 Å². The van der Waals surface area contributed by atoms with Crippen molar-refractivity contribution in [1.82, 2.24) is 9.80 Å². The zero-order valence-corrected chi connectivity index (χ0v) is 13.0. The van der Waals surface area contributed by atoms with E-state index < -0.39 is 3.92 Å². The normalized spacial score (nSPS) is 17.1. The van der Waals surface area contributed by atoms with E-state index in [4.69, 9.17) is 39.5 Å². The molecular weight excluding hydrogens is 323 g/mol. The number of carbonyl (C=O) groups excluding carboxylic acids is 1. The fourth-order valence-corrected chi connectivity index (χ4v) is 2.46. The van der Waals surface area contributed by atoms with E-state index in [0.29, 0.717) is 26.2 Å². The standard InChI is InChI=1S/C13H15Cl3N2O2/c14-13(15,16)18-8-6-17(7-9-18)12(19)20-10-11-4-2-1-3-5-11/h1-5H,6-10H2. The fraction of sp³-hybridized carbons (Fsp3) is 0.462. The van der Waals surface area contributed by atoms with Gasteiger partial charge in [0.2, 0.25) is 3.92 Å². The molecule has 20 heavy (non-hydrogen) atoms. The predicted octanol–water partition coefficient (Wildman–Crippen LogP) is 3.27. The summed E-state index contributed by atoms with van der Waals surface area (Å²) in [6.07, 6.45) is -0.335. The Balaban J connectivity index is 1.78. The SMILES string of the molecule is O=C(OCc1ccccc1)N1CCN(C(Cl)(Cl)Cl)CC1. The lowest BCUT2D eigenvalue weighted by Gasteiger charge is -2.37. The zero-order chi connectivity index (χ0) is 14.6. The van der Waals surface area contributed by atoms with Crippen LogP contribution in [0.2, 0.25) is 0 Å². The summed E-state index contributed by atoms with van der Waals surface area (Å²) in [6.45, 7) is 2.27. The average Bonchev–Trinajstić information content (AvgIpc) is 2.45. The number of rotatable bonds is 2. The van der Waals surface area contributed by atoms with E-state index in [1.165, 1.54) is 0 Å². The predicted molar refractivity (Wildman–Crippen MR) is 80.1 cm³/mol. The van der Waals surface area contributed by atoms with Crippen molar-refractivity contribution in [1.29, 1.82) is 0 Å². The van der Waals surface area contributed by atoms with E-state index in [0.717, 1.165) is 5.56 Å². The molecule has 1 aromatic carbocycles. The van der Waals surface area contributed by atoms with Crippen molar-refractivity contribution < 1.29 is 9.53 Å². The highest BCUT2D eigenvalue weighted by Gasteiger charge is 2.33. The van der Waals surface area contributed by atoms with Gasteiger partial charge in [-0.2, -0.15) is 0 Å². The Hall–Kier alpha value is -0.680. The van der Waals surface area contributed by atoms with Crippen molar-refractivity contribution in [3.8, 4) is 0 Å². The van der Waals surface area contributed by atoms with Crippen LogP contribution in [0.25, 0.3) is 0 Å². The van der Waals surface area contributed by atoms with Gasteiger partial charge in [-0.1, -0.05) is 65.1 Å². The largest absolute Gasteiger partial charge is 0.445 e. The van der Waals surface area contributed by atoms with Gasteiger partial charge in [-0.15, -0.1) is 0 Å². The summed E-state index contributed by atoms with van der Waals surface area (Å²) in [5.74, 6) is 0. The number of halogens is 3. The molecule has 0 N–H and O–H groups in total. The van der Waals surface area contributed by atoms with Gasteiger partial charge in [0, 0.05) is 26.2 Å². The van der Waals surface area contributed by atoms with Gasteiger partial charge < -0.3 is 9.64 Å². The lowest BCUT2D eigenvalue weighted by Crippen LogP contribution is -2.52. The van der Waals surface area contributed by atoms with E-state index in [2.05, 4.69) is 0 Å². The molecule has 4 nitrogen and oxygen atoms in total. The first kappa shape index (κ1) is 15.7. The Morgan fingerprint density at radius 1 is 1.10 bits per heavy atom. The molecule has 7 heteroatoms. The lowest BCUT2D eigenvalue weighted by atomic mass is 10.2. The molecule has 0 saturated carbocycles. The Labute approximate surface area is 133 Å². The number of alkyl halides is 3. The summed E-state index contributed by atoms with van der Waals surface area (Å²) in [5.41, 5.74) is 0.959. The third-order valence-corrected chi connectivity index (χ3v) is 3.82. The van der Waals surface area contributed by atoms with E-state index >= 15 is 0 Å². The van der Waals surface area contributed by atoms with Gasteiger partial charge in [-0.05, 0) is 5.56 Å². The molecule has 0 bridgehead atoms. The van der Waals surface area contributed by atoms with Gasteiger partial charge in [0.15, 0.2) is 0 Å². The molecule has 1 aliphatic heterocycles. The van der Waals surface area contributed by atoms with Gasteiger partial charge in [0.1, 0.15) is 6.61 Å². The number of amides is 1. The highest BCUT2D eigenvalue weighted by atomic mass is 35.6. The zero-order valence-electron chi connectivity index (χ0n) is 10.8. The van der Waals surface area contributed by atoms with Crippen LogP contribution in [0.3, 0.4) is 0 Å². The summed E-state index contributed by atoms with van der Waals surface area (Å²) in [7, 11) is 0. The van der Waals surface area contributed by atoms with Gasteiger partial charge in [0.25, 0.3) is 0 Å². The van der Waals surface area contributed by atoms with E-state index in [1.54, 1.807) is 9.80 Å². The van der Waals surface area contributed by atoms with Crippen LogP contribution in [-0.4, -0.2) is 46.0 Å². The molecule has 0 aromatic heterocycles. The van der Waals surface area contributed by atoms with Gasteiger partial charge in [0.05, 0.1) is 0 Å². The molecule has 2 rings (SSSR count). The number of carbonyl (C=O) groups is 1. The van der Waals surface area contributed by atoms with Crippen LogP contribution in [0.15, 0.2) is 30.3 Å². The van der Waals surface area contributed by atoms with Crippen molar-refractivity contribution in [3.63, 3.8) is 0 Å². The molecule has 0 aliphatic carbocycles. The second-order valence-corrected chi connectivity index (χ2v) is 6.70. The lowest BCUT2D eigenvalue weighted by molar-refractivity contribution is 0.0710. The number of benzene rings is 1. The third-order valence-electron chi connectivity index (χ3n) is 3.10. The topological polar surface area (TPSA) is 32.8 Å². The van der Waals surface area contributed by atoms with Crippen molar-refractivity contribution in [2.75, 3.05) is 26.2 Å². The van der Waals surface area contributed by atoms with Crippen LogP contribution >= 0.6 is 34.8 Å². The van der Waals surface area contributed by atoms with Crippen LogP contribution in [0.1, 0.15) is 5.56 Å². The van der Waals surface area contributed by atoms with Crippen LogP contribution in [0.5, 0.6) is 0 Å². The molecule has 0 radical (unpaired) electrons. The van der Waals surface area contributed by atoms with Crippen molar-refractivity contribution in [2.45, 2.75) is 10.5 Å². The summed E-state index contributed by atoms with van der Waals surface area (Å²) in [4.78, 5) is 15.2. The minimum Gasteiger partial charge on any atom is -0.445 e. The third kappa shape index (κ3) is 4.42. The highest BCUT2D eigenvalue weighted by molar-refractivity contribution is 6.67. The first-order valence-corrected chi connectivity index (χ1v) is 7.37. The van der Waals surface area contributed by atoms with Crippen LogP contribution in [0, 0.1) is 0 Å². The van der Waals surface area contributed by atoms with Gasteiger partial charge >= 0.3 is 6.09 Å². The molecule has 110 valence electrons. The quantitative estimate of drug-likeness (QED) is 0.613. The van der Waals surface area contributed by atoms with Crippen LogP contribution in [0.4, 0.5) is 4.79 Å². The molecule has 1 aliphatic rings. The summed E-state index contributed by atoms with van der Waals surface area (Å²) < 4.78 is 3.84. The second kappa shape index (κ2) is 6.85. The van der Waals surface area contributed by atoms with Crippen molar-refractivity contribution in [2.24, 2.45) is 0 Å². The minimum absolute atomic E-state index is 0.268. The molecule has 0 unspecified atom stereocenters. The molecule has 1 heterocycles. The fourth-order valence-electron chi connectivity index (χ4n) is 1.95. The molecule has 1 amide bonds. The number of piperazine rings is 1. The summed E-state index contributed by atoms with van der Waals surface area (Å²) in [5, 5.41) is 0. The van der Waals surface area contributed by atoms with Crippen LogP contribution < -0.4 is 0 Å². The molecule has 1 aromatic rings. The maximum Gasteiger partial charge on any atom is 0.410 e. The Bertz CT molecular complexity index is 443. The second-order valence-electron chi connectivity index (χ2n) is 4.48. The molecule has 1 fully saturated rings. The molecular formula is C13H15Cl3N2O2. The smallest absolute Gasteiger partial charge is 0.410 e. The Morgan fingerprint density at radius 3 is 2.25 bits per heavy atom.